The molecule has 4 aliphatic carbocycles. The number of rotatable bonds is 2. The van der Waals surface area contributed by atoms with Crippen molar-refractivity contribution in [2.75, 3.05) is 0 Å². The van der Waals surface area contributed by atoms with Crippen LogP contribution < -0.4 is 0 Å². The molecule has 0 heterocycles. The van der Waals surface area contributed by atoms with Gasteiger partial charge >= 0.3 is 0 Å². The van der Waals surface area contributed by atoms with Crippen LogP contribution in [0.4, 0.5) is 0 Å². The summed E-state index contributed by atoms with van der Waals surface area (Å²) in [7, 11) is 0. The van der Waals surface area contributed by atoms with Crippen molar-refractivity contribution in [3.05, 3.63) is 108 Å². The van der Waals surface area contributed by atoms with E-state index in [1.54, 1.807) is 22.1 Å². The lowest BCUT2D eigenvalue weighted by Gasteiger charge is -2.43. The van der Waals surface area contributed by atoms with E-state index in [0.29, 0.717) is 5.92 Å². The first-order valence-electron chi connectivity index (χ1n) is 18.7. The number of aryl methyl sites for hydroxylation is 1. The zero-order valence-electron chi connectivity index (χ0n) is 27.2. The molecule has 0 saturated heterocycles. The molecule has 6 aromatic carbocycles. The second kappa shape index (κ2) is 11.0. The first-order chi connectivity index (χ1) is 22.8. The van der Waals surface area contributed by atoms with Crippen LogP contribution in [0.15, 0.2) is 91.0 Å². The number of hydrogen-bond acceptors (Lipinski definition) is 0. The molecule has 5 unspecified atom stereocenters. The molecule has 0 aliphatic heterocycles. The summed E-state index contributed by atoms with van der Waals surface area (Å²) in [6.45, 7) is 0. The summed E-state index contributed by atoms with van der Waals surface area (Å²) < 4.78 is 0. The Morgan fingerprint density at radius 2 is 1.09 bits per heavy atom. The Labute approximate surface area is 274 Å². The molecule has 0 bridgehead atoms. The summed E-state index contributed by atoms with van der Waals surface area (Å²) in [5.74, 6) is 4.04. The average molecular weight is 599 g/mol. The molecule has 0 amide bonds. The van der Waals surface area contributed by atoms with Crippen LogP contribution in [0.1, 0.15) is 106 Å². The van der Waals surface area contributed by atoms with Crippen LogP contribution in [0, 0.1) is 17.8 Å². The lowest BCUT2D eigenvalue weighted by Crippen LogP contribution is -2.30. The molecule has 46 heavy (non-hydrogen) atoms. The van der Waals surface area contributed by atoms with Crippen LogP contribution in [0.3, 0.4) is 0 Å². The van der Waals surface area contributed by atoms with Crippen LogP contribution in [0.25, 0.3) is 54.2 Å². The highest BCUT2D eigenvalue weighted by atomic mass is 14.4. The molecule has 230 valence electrons. The number of fused-ring (bicyclic) bond motifs is 8. The van der Waals surface area contributed by atoms with Gasteiger partial charge < -0.3 is 0 Å². The van der Waals surface area contributed by atoms with Crippen LogP contribution >= 0.6 is 0 Å². The molecule has 6 aromatic rings. The van der Waals surface area contributed by atoms with Crippen LogP contribution in [0.5, 0.6) is 0 Å². The van der Waals surface area contributed by atoms with Crippen LogP contribution in [0.2, 0.25) is 0 Å². The minimum atomic E-state index is 0.663. The fraction of sp³-hybridized carbons (Fsp3) is 0.391. The molecule has 0 aromatic heterocycles. The standard InChI is InChI=1S/C46H46/c1-2-15-33-26-42-41(25-32(33)14-1)45(38-21-9-16-29-11-3-6-18-35(29)38)43-27-34-24-23-31-13-5-8-20-37(31)40(34)28-44(43)46(42)39-22-10-17-30-12-4-7-19-36(30)39/h1-2,4,7,10,12,14-15,17,19,22,25-29,31,35,37-38H,3,5-6,8-9,11,13,16,18,20-21,23-24H2. The lowest BCUT2D eigenvalue weighted by atomic mass is 9.62. The maximum Gasteiger partial charge on any atom is -0.00200 e. The lowest BCUT2D eigenvalue weighted by molar-refractivity contribution is 0.145. The highest BCUT2D eigenvalue weighted by Crippen LogP contribution is 2.55. The minimum absolute atomic E-state index is 0.663. The fourth-order valence-electron chi connectivity index (χ4n) is 11.3. The van der Waals surface area contributed by atoms with E-state index < -0.39 is 0 Å². The molecule has 0 nitrogen and oxygen atoms in total. The van der Waals surface area contributed by atoms with E-state index in [2.05, 4.69) is 91.0 Å². The van der Waals surface area contributed by atoms with Gasteiger partial charge in [-0.2, -0.15) is 0 Å². The van der Waals surface area contributed by atoms with Crippen molar-refractivity contribution in [3.63, 3.8) is 0 Å². The van der Waals surface area contributed by atoms with Gasteiger partial charge in [-0.25, -0.2) is 0 Å². The van der Waals surface area contributed by atoms with E-state index in [1.165, 1.54) is 132 Å². The van der Waals surface area contributed by atoms with Gasteiger partial charge in [0.1, 0.15) is 0 Å². The summed E-state index contributed by atoms with van der Waals surface area (Å²) in [6.07, 6.45) is 18.2. The summed E-state index contributed by atoms with van der Waals surface area (Å²) in [5.41, 5.74) is 7.98. The topological polar surface area (TPSA) is 0 Å². The van der Waals surface area contributed by atoms with Crippen molar-refractivity contribution in [2.45, 2.75) is 95.3 Å². The van der Waals surface area contributed by atoms with Gasteiger partial charge in [-0.1, -0.05) is 118 Å². The van der Waals surface area contributed by atoms with Gasteiger partial charge in [0, 0.05) is 0 Å². The Bertz CT molecular complexity index is 2120. The van der Waals surface area contributed by atoms with E-state index in [-0.39, 0.29) is 0 Å². The maximum absolute atomic E-state index is 2.77. The van der Waals surface area contributed by atoms with Crippen molar-refractivity contribution < 1.29 is 0 Å². The molecular formula is C46H46. The smallest absolute Gasteiger partial charge is 0.00200 e. The Hall–Kier alpha value is -3.64. The third kappa shape index (κ3) is 4.25. The van der Waals surface area contributed by atoms with Crippen LogP contribution in [-0.4, -0.2) is 0 Å². The number of hydrogen-bond donors (Lipinski definition) is 0. The van der Waals surface area contributed by atoms with Crippen molar-refractivity contribution in [1.82, 2.24) is 0 Å². The van der Waals surface area contributed by atoms with Gasteiger partial charge in [0.05, 0.1) is 0 Å². The molecule has 5 atom stereocenters. The molecule has 0 heteroatoms. The summed E-state index contributed by atoms with van der Waals surface area (Å²) in [6, 6.07) is 36.0. The van der Waals surface area contributed by atoms with E-state index in [1.807, 2.05) is 0 Å². The van der Waals surface area contributed by atoms with Crippen molar-refractivity contribution in [3.8, 4) is 11.1 Å². The minimum Gasteiger partial charge on any atom is -0.0616 e. The van der Waals surface area contributed by atoms with E-state index in [4.69, 9.17) is 0 Å². The van der Waals surface area contributed by atoms with Gasteiger partial charge in [0.2, 0.25) is 0 Å². The molecule has 4 aliphatic rings. The molecular weight excluding hydrogens is 553 g/mol. The largest absolute Gasteiger partial charge is 0.0616 e. The van der Waals surface area contributed by atoms with Gasteiger partial charge in [-0.05, 0) is 157 Å². The van der Waals surface area contributed by atoms with E-state index in [0.717, 1.165) is 23.7 Å². The highest BCUT2D eigenvalue weighted by molar-refractivity contribution is 6.21. The SMILES string of the molecule is c1ccc2cc3c(C4CCCC5CCCCC54)c4cc5c(cc4c(-c4cccc6ccccc46)c3cc2c1)C1CCCCC1CC5. The van der Waals surface area contributed by atoms with Crippen LogP contribution in [-0.2, 0) is 6.42 Å². The predicted octanol–water partition coefficient (Wildman–Crippen LogP) is 13.3. The molecule has 0 spiro atoms. The zero-order valence-corrected chi connectivity index (χ0v) is 27.2. The summed E-state index contributed by atoms with van der Waals surface area (Å²) >= 11 is 0. The Balaban J connectivity index is 1.36. The normalized spacial score (nSPS) is 26.2. The van der Waals surface area contributed by atoms with Gasteiger partial charge in [-0.3, -0.25) is 0 Å². The van der Waals surface area contributed by atoms with Gasteiger partial charge in [0.25, 0.3) is 0 Å². The average Bonchev–Trinajstić information content (AvgIpc) is 3.12. The monoisotopic (exact) mass is 598 g/mol. The Morgan fingerprint density at radius 1 is 0.435 bits per heavy atom. The van der Waals surface area contributed by atoms with E-state index in [9.17, 15) is 0 Å². The predicted molar refractivity (Wildman–Crippen MR) is 197 cm³/mol. The molecule has 0 N–H and O–H groups in total. The fourth-order valence-corrected chi connectivity index (χ4v) is 11.3. The second-order valence-electron chi connectivity index (χ2n) is 15.6. The second-order valence-corrected chi connectivity index (χ2v) is 15.6. The third-order valence-corrected chi connectivity index (χ3v) is 13.4. The van der Waals surface area contributed by atoms with Gasteiger partial charge in [-0.15, -0.1) is 0 Å². The first-order valence-corrected chi connectivity index (χ1v) is 18.7. The number of benzene rings is 6. The Morgan fingerprint density at radius 3 is 1.98 bits per heavy atom. The quantitative estimate of drug-likeness (QED) is 0.174. The van der Waals surface area contributed by atoms with Crippen molar-refractivity contribution in [2.24, 2.45) is 17.8 Å². The van der Waals surface area contributed by atoms with Crippen molar-refractivity contribution >= 4 is 43.1 Å². The third-order valence-electron chi connectivity index (χ3n) is 13.4. The highest BCUT2D eigenvalue weighted by Gasteiger charge is 2.38. The molecule has 3 saturated carbocycles. The van der Waals surface area contributed by atoms with E-state index >= 15 is 0 Å². The Kier molecular flexibility index (Phi) is 6.55. The molecule has 3 fully saturated rings. The first kappa shape index (κ1) is 27.5. The molecule has 10 rings (SSSR count). The summed E-state index contributed by atoms with van der Waals surface area (Å²) in [4.78, 5) is 0. The van der Waals surface area contributed by atoms with Gasteiger partial charge in [0.15, 0.2) is 0 Å². The zero-order chi connectivity index (χ0) is 30.2. The van der Waals surface area contributed by atoms with Crippen molar-refractivity contribution in [1.29, 1.82) is 0 Å². The maximum atomic E-state index is 2.77. The molecule has 0 radical (unpaired) electrons. The summed E-state index contributed by atoms with van der Waals surface area (Å²) in [5, 5.41) is 11.6.